The third-order valence-corrected chi connectivity index (χ3v) is 3.01. The minimum atomic E-state index is -0.374. The van der Waals surface area contributed by atoms with E-state index in [0.717, 1.165) is 17.9 Å². The van der Waals surface area contributed by atoms with Crippen molar-refractivity contribution in [1.29, 1.82) is 0 Å². The molecule has 15 heavy (non-hydrogen) atoms. The number of hydrogen-bond acceptors (Lipinski definition) is 5. The molecule has 2 fully saturated rings. The standard InChI is InChI=1S/C8H10N4O3/c13-8-11-3-5(12(8)14)1-2-6(11)7-10-9-4-15-7/h4-6,14H,1-3H2. The van der Waals surface area contributed by atoms with Crippen LogP contribution in [0.4, 0.5) is 4.79 Å². The van der Waals surface area contributed by atoms with Crippen LogP contribution in [-0.4, -0.2) is 44.0 Å². The first kappa shape index (κ1) is 8.66. The number of amides is 2. The second kappa shape index (κ2) is 2.93. The molecule has 0 spiro atoms. The van der Waals surface area contributed by atoms with Crippen molar-refractivity contribution in [3.8, 4) is 0 Å². The zero-order valence-electron chi connectivity index (χ0n) is 7.91. The van der Waals surface area contributed by atoms with Gasteiger partial charge in [-0.25, -0.2) is 9.86 Å². The van der Waals surface area contributed by atoms with Crippen molar-refractivity contribution < 1.29 is 14.4 Å². The van der Waals surface area contributed by atoms with Gasteiger partial charge in [0.15, 0.2) is 0 Å². The van der Waals surface area contributed by atoms with E-state index in [4.69, 9.17) is 4.42 Å². The number of carbonyl (C=O) groups is 1. The van der Waals surface area contributed by atoms with Gasteiger partial charge < -0.3 is 9.32 Å². The average Bonchev–Trinajstić information content (AvgIpc) is 2.85. The molecule has 3 heterocycles. The SMILES string of the molecule is O=C1N(O)C2CCC(c3nnco3)N1C2. The molecular formula is C8H10N4O3. The molecule has 1 aromatic heterocycles. The number of piperidine rings is 1. The van der Waals surface area contributed by atoms with Crippen molar-refractivity contribution in [3.05, 3.63) is 12.3 Å². The van der Waals surface area contributed by atoms with Crippen LogP contribution >= 0.6 is 0 Å². The van der Waals surface area contributed by atoms with Gasteiger partial charge >= 0.3 is 6.03 Å². The lowest BCUT2D eigenvalue weighted by Gasteiger charge is -2.27. The fourth-order valence-corrected chi connectivity index (χ4v) is 2.23. The molecule has 0 aromatic carbocycles. The monoisotopic (exact) mass is 210 g/mol. The summed E-state index contributed by atoms with van der Waals surface area (Å²) < 4.78 is 5.09. The Morgan fingerprint density at radius 1 is 1.53 bits per heavy atom. The van der Waals surface area contributed by atoms with Gasteiger partial charge in [-0.2, -0.15) is 0 Å². The van der Waals surface area contributed by atoms with E-state index >= 15 is 0 Å². The first-order valence-electron chi connectivity index (χ1n) is 4.82. The van der Waals surface area contributed by atoms with Crippen LogP contribution in [0.25, 0.3) is 0 Å². The molecule has 0 saturated carbocycles. The minimum Gasteiger partial charge on any atom is -0.426 e. The Hall–Kier alpha value is -1.63. The average molecular weight is 210 g/mol. The van der Waals surface area contributed by atoms with Crippen molar-refractivity contribution in [2.75, 3.05) is 6.54 Å². The molecular weight excluding hydrogens is 200 g/mol. The number of hydroxylamine groups is 2. The molecule has 2 unspecified atom stereocenters. The van der Waals surface area contributed by atoms with Crippen LogP contribution < -0.4 is 0 Å². The summed E-state index contributed by atoms with van der Waals surface area (Å²) in [6, 6.07) is -0.647. The number of urea groups is 1. The van der Waals surface area contributed by atoms with Gasteiger partial charge in [-0.1, -0.05) is 0 Å². The lowest BCUT2D eigenvalue weighted by molar-refractivity contribution is -0.0584. The third-order valence-electron chi connectivity index (χ3n) is 3.01. The predicted molar refractivity (Wildman–Crippen MR) is 45.8 cm³/mol. The van der Waals surface area contributed by atoms with Crippen LogP contribution in [0.2, 0.25) is 0 Å². The highest BCUT2D eigenvalue weighted by molar-refractivity contribution is 5.76. The lowest BCUT2D eigenvalue weighted by atomic mass is 10.0. The fraction of sp³-hybridized carbons (Fsp3) is 0.625. The quantitative estimate of drug-likeness (QED) is 0.678. The summed E-state index contributed by atoms with van der Waals surface area (Å²) in [5, 5.41) is 17.7. The van der Waals surface area contributed by atoms with Crippen LogP contribution in [0.15, 0.2) is 10.8 Å². The maximum atomic E-state index is 11.6. The van der Waals surface area contributed by atoms with E-state index < -0.39 is 0 Å². The largest absolute Gasteiger partial charge is 0.426 e. The highest BCUT2D eigenvalue weighted by atomic mass is 16.5. The number of carbonyl (C=O) groups excluding carboxylic acids is 1. The van der Waals surface area contributed by atoms with Crippen molar-refractivity contribution in [1.82, 2.24) is 20.2 Å². The molecule has 80 valence electrons. The summed E-state index contributed by atoms with van der Waals surface area (Å²) in [4.78, 5) is 13.2. The van der Waals surface area contributed by atoms with Crippen molar-refractivity contribution >= 4 is 6.03 Å². The zero-order chi connectivity index (χ0) is 10.4. The number of aromatic nitrogens is 2. The molecule has 1 N–H and O–H groups in total. The molecule has 2 bridgehead atoms. The molecule has 2 atom stereocenters. The Bertz CT molecular complexity index is 379. The van der Waals surface area contributed by atoms with Crippen molar-refractivity contribution in [3.63, 3.8) is 0 Å². The summed E-state index contributed by atoms with van der Waals surface area (Å²) in [5.74, 6) is 0.442. The van der Waals surface area contributed by atoms with Crippen LogP contribution in [0.3, 0.4) is 0 Å². The van der Waals surface area contributed by atoms with Gasteiger partial charge in [0, 0.05) is 6.54 Å². The van der Waals surface area contributed by atoms with Gasteiger partial charge in [-0.05, 0) is 12.8 Å². The van der Waals surface area contributed by atoms with E-state index in [1.807, 2.05) is 0 Å². The number of nitrogens with zero attached hydrogens (tertiary/aromatic N) is 4. The second-order valence-electron chi connectivity index (χ2n) is 3.80. The molecule has 7 nitrogen and oxygen atoms in total. The molecule has 7 heteroatoms. The summed E-state index contributed by atoms with van der Waals surface area (Å²) in [6.07, 6.45) is 2.75. The smallest absolute Gasteiger partial charge is 0.344 e. The van der Waals surface area contributed by atoms with Crippen molar-refractivity contribution in [2.24, 2.45) is 0 Å². The van der Waals surface area contributed by atoms with Gasteiger partial charge in [-0.15, -0.1) is 10.2 Å². The first-order chi connectivity index (χ1) is 7.27. The fourth-order valence-electron chi connectivity index (χ4n) is 2.23. The summed E-state index contributed by atoms with van der Waals surface area (Å²) >= 11 is 0. The molecule has 2 saturated heterocycles. The summed E-state index contributed by atoms with van der Waals surface area (Å²) in [7, 11) is 0. The first-order valence-corrected chi connectivity index (χ1v) is 4.82. The van der Waals surface area contributed by atoms with E-state index in [2.05, 4.69) is 10.2 Å². The normalized spacial score (nSPS) is 30.1. The number of fused-ring (bicyclic) bond motifs is 2. The molecule has 0 aliphatic carbocycles. The van der Waals surface area contributed by atoms with Gasteiger partial charge in [0.25, 0.3) is 0 Å². The molecule has 0 radical (unpaired) electrons. The van der Waals surface area contributed by atoms with E-state index in [1.165, 1.54) is 6.39 Å². The predicted octanol–water partition coefficient (Wildman–Crippen LogP) is 0.400. The highest BCUT2D eigenvalue weighted by Gasteiger charge is 2.46. The van der Waals surface area contributed by atoms with E-state index in [0.29, 0.717) is 12.4 Å². The summed E-state index contributed by atoms with van der Waals surface area (Å²) in [5.41, 5.74) is 0. The van der Waals surface area contributed by atoms with Crippen LogP contribution in [-0.2, 0) is 0 Å². The van der Waals surface area contributed by atoms with E-state index in [9.17, 15) is 10.0 Å². The Kier molecular flexibility index (Phi) is 1.69. The Balaban J connectivity index is 1.91. The minimum absolute atomic E-state index is 0.0864. The second-order valence-corrected chi connectivity index (χ2v) is 3.80. The van der Waals surface area contributed by atoms with Gasteiger partial charge in [0.05, 0.1) is 6.04 Å². The molecule has 3 rings (SSSR count). The van der Waals surface area contributed by atoms with Gasteiger partial charge in [0.2, 0.25) is 12.3 Å². The number of hydrogen-bond donors (Lipinski definition) is 1. The van der Waals surface area contributed by atoms with Crippen molar-refractivity contribution in [2.45, 2.75) is 24.9 Å². The van der Waals surface area contributed by atoms with Crippen LogP contribution in [0.5, 0.6) is 0 Å². The van der Waals surface area contributed by atoms with Crippen LogP contribution in [0, 0.1) is 0 Å². The third kappa shape index (κ3) is 1.13. The molecule has 1 aromatic rings. The maximum Gasteiger partial charge on any atom is 0.344 e. The van der Waals surface area contributed by atoms with E-state index in [-0.39, 0.29) is 18.1 Å². The lowest BCUT2D eigenvalue weighted by Crippen LogP contribution is -2.34. The Morgan fingerprint density at radius 2 is 2.40 bits per heavy atom. The Morgan fingerprint density at radius 3 is 3.13 bits per heavy atom. The Labute approximate surface area is 85.2 Å². The number of rotatable bonds is 1. The maximum absolute atomic E-state index is 11.6. The molecule has 2 aliphatic heterocycles. The highest BCUT2D eigenvalue weighted by Crippen LogP contribution is 2.36. The van der Waals surface area contributed by atoms with Gasteiger partial charge in [-0.3, -0.25) is 5.21 Å². The molecule has 2 aliphatic rings. The topological polar surface area (TPSA) is 82.7 Å². The van der Waals surface area contributed by atoms with Gasteiger partial charge in [0.1, 0.15) is 6.04 Å². The zero-order valence-corrected chi connectivity index (χ0v) is 7.91. The van der Waals surface area contributed by atoms with E-state index in [1.54, 1.807) is 4.90 Å². The summed E-state index contributed by atoms with van der Waals surface area (Å²) in [6.45, 7) is 0.530. The van der Waals surface area contributed by atoms with Crippen LogP contribution in [0.1, 0.15) is 24.8 Å². The molecule has 2 amide bonds.